The lowest BCUT2D eigenvalue weighted by Crippen LogP contribution is -2.39. The van der Waals surface area contributed by atoms with E-state index >= 15 is 0 Å². The summed E-state index contributed by atoms with van der Waals surface area (Å²) in [6.07, 6.45) is 11.0. The lowest BCUT2D eigenvalue weighted by Gasteiger charge is -2.44. The topological polar surface area (TPSA) is 20.3 Å². The van der Waals surface area contributed by atoms with E-state index in [2.05, 4.69) is 51.6 Å². The van der Waals surface area contributed by atoms with Crippen molar-refractivity contribution in [1.82, 2.24) is 4.67 Å². The van der Waals surface area contributed by atoms with Gasteiger partial charge in [0.25, 0.3) is 0 Å². The number of benzene rings is 1. The minimum absolute atomic E-state index is 0.186. The Morgan fingerprint density at radius 3 is 2.12 bits per heavy atom. The molecule has 138 valence electrons. The standard InChI is InChI=1S/C22H34NOP/c1-6-8-13-19-17-21(14-9-7-2)25(24,20-15-11-10-12-16-20)23(18-19)22(3,4)5/h10-12,15-18H,6-9,13-14H2,1-5H3. The first-order chi connectivity index (χ1) is 11.8. The first-order valence-electron chi connectivity index (χ1n) is 9.71. The fraction of sp³-hybridized carbons (Fsp3) is 0.545. The summed E-state index contributed by atoms with van der Waals surface area (Å²) in [5.74, 6) is 0. The Morgan fingerprint density at radius 1 is 0.960 bits per heavy atom. The van der Waals surface area contributed by atoms with E-state index in [0.717, 1.165) is 36.3 Å². The molecule has 1 heterocycles. The van der Waals surface area contributed by atoms with E-state index in [0.29, 0.717) is 0 Å². The van der Waals surface area contributed by atoms with Gasteiger partial charge < -0.3 is 4.67 Å². The third kappa shape index (κ3) is 4.47. The summed E-state index contributed by atoms with van der Waals surface area (Å²) in [6.45, 7) is 10.9. The van der Waals surface area contributed by atoms with Crippen LogP contribution >= 0.6 is 7.29 Å². The van der Waals surface area contributed by atoms with E-state index < -0.39 is 7.29 Å². The van der Waals surface area contributed by atoms with Gasteiger partial charge in [-0.2, -0.15) is 0 Å². The minimum atomic E-state index is -2.79. The highest BCUT2D eigenvalue weighted by molar-refractivity contribution is 7.73. The lowest BCUT2D eigenvalue weighted by atomic mass is 10.1. The fourth-order valence-electron chi connectivity index (χ4n) is 3.35. The van der Waals surface area contributed by atoms with Crippen LogP contribution in [0, 0.1) is 0 Å². The zero-order valence-corrected chi connectivity index (χ0v) is 17.5. The van der Waals surface area contributed by atoms with Gasteiger partial charge in [0.1, 0.15) is 0 Å². The van der Waals surface area contributed by atoms with Crippen LogP contribution in [-0.2, 0) is 4.57 Å². The summed E-state index contributed by atoms with van der Waals surface area (Å²) in [6, 6.07) is 10.1. The molecule has 1 atom stereocenters. The van der Waals surface area contributed by atoms with Crippen molar-refractivity contribution in [2.75, 3.05) is 0 Å². The van der Waals surface area contributed by atoms with Gasteiger partial charge in [-0.25, -0.2) is 0 Å². The third-order valence-electron chi connectivity index (χ3n) is 4.73. The van der Waals surface area contributed by atoms with Crippen LogP contribution in [0.3, 0.4) is 0 Å². The maximum atomic E-state index is 14.5. The fourth-order valence-corrected chi connectivity index (χ4v) is 6.74. The molecule has 1 aromatic rings. The highest BCUT2D eigenvalue weighted by Gasteiger charge is 2.42. The van der Waals surface area contributed by atoms with Gasteiger partial charge in [0, 0.05) is 22.4 Å². The molecule has 0 saturated carbocycles. The smallest absolute Gasteiger partial charge is 0.225 e. The number of unbranched alkanes of at least 4 members (excludes halogenated alkanes) is 2. The Labute approximate surface area is 154 Å². The molecule has 1 aromatic carbocycles. The van der Waals surface area contributed by atoms with Crippen LogP contribution in [0.4, 0.5) is 0 Å². The lowest BCUT2D eigenvalue weighted by molar-refractivity contribution is 0.319. The molecule has 1 aliphatic rings. The molecule has 2 rings (SSSR count). The molecular weight excluding hydrogens is 325 g/mol. The average Bonchev–Trinajstić information content (AvgIpc) is 2.59. The Hall–Kier alpha value is -1.27. The van der Waals surface area contributed by atoms with Gasteiger partial charge >= 0.3 is 0 Å². The molecule has 1 aliphatic heterocycles. The maximum absolute atomic E-state index is 14.5. The highest BCUT2D eigenvalue weighted by Crippen LogP contribution is 2.63. The Kier molecular flexibility index (Phi) is 6.74. The molecule has 0 aromatic heterocycles. The molecule has 0 bridgehead atoms. The third-order valence-corrected chi connectivity index (χ3v) is 8.18. The summed E-state index contributed by atoms with van der Waals surface area (Å²) in [4.78, 5) is 0. The Bertz CT molecular complexity index is 667. The first kappa shape index (κ1) is 20.0. The van der Waals surface area contributed by atoms with Gasteiger partial charge in [-0.1, -0.05) is 44.9 Å². The van der Waals surface area contributed by atoms with Gasteiger partial charge in [0.15, 0.2) is 0 Å². The molecule has 0 saturated heterocycles. The average molecular weight is 359 g/mol. The molecule has 0 N–H and O–H groups in total. The van der Waals surface area contributed by atoms with Gasteiger partial charge in [0.05, 0.1) is 0 Å². The molecular formula is C22H34NOP. The van der Waals surface area contributed by atoms with Crippen molar-refractivity contribution in [3.8, 4) is 0 Å². The minimum Gasteiger partial charge on any atom is -0.317 e. The second-order valence-electron chi connectivity index (χ2n) is 7.97. The van der Waals surface area contributed by atoms with Crippen molar-refractivity contribution in [3.63, 3.8) is 0 Å². The maximum Gasteiger partial charge on any atom is 0.225 e. The number of nitrogens with zero attached hydrogens (tertiary/aromatic N) is 1. The molecule has 2 nitrogen and oxygen atoms in total. The van der Waals surface area contributed by atoms with E-state index in [1.54, 1.807) is 0 Å². The summed E-state index contributed by atoms with van der Waals surface area (Å²) >= 11 is 0. The van der Waals surface area contributed by atoms with Crippen LogP contribution < -0.4 is 5.30 Å². The van der Waals surface area contributed by atoms with E-state index in [-0.39, 0.29) is 5.54 Å². The first-order valence-corrected chi connectivity index (χ1v) is 11.4. The zero-order valence-electron chi connectivity index (χ0n) is 16.6. The van der Waals surface area contributed by atoms with Crippen molar-refractivity contribution < 1.29 is 4.57 Å². The van der Waals surface area contributed by atoms with Crippen LogP contribution in [0.15, 0.2) is 53.5 Å². The Morgan fingerprint density at radius 2 is 1.56 bits per heavy atom. The largest absolute Gasteiger partial charge is 0.317 e. The van der Waals surface area contributed by atoms with Gasteiger partial charge in [0.2, 0.25) is 7.29 Å². The van der Waals surface area contributed by atoms with Gasteiger partial charge in [-0.15, -0.1) is 0 Å². The quantitative estimate of drug-likeness (QED) is 0.496. The molecule has 0 radical (unpaired) electrons. The summed E-state index contributed by atoms with van der Waals surface area (Å²) < 4.78 is 16.7. The van der Waals surface area contributed by atoms with Gasteiger partial charge in [-0.3, -0.25) is 4.57 Å². The van der Waals surface area contributed by atoms with E-state index in [1.165, 1.54) is 18.4 Å². The molecule has 0 amide bonds. The summed E-state index contributed by atoms with van der Waals surface area (Å²) in [5.41, 5.74) is 1.14. The van der Waals surface area contributed by atoms with Crippen molar-refractivity contribution >= 4 is 12.6 Å². The molecule has 0 aliphatic carbocycles. The normalized spacial score (nSPS) is 21.1. The monoisotopic (exact) mass is 359 g/mol. The molecule has 1 unspecified atom stereocenters. The van der Waals surface area contributed by atoms with Crippen LogP contribution in [0.2, 0.25) is 0 Å². The van der Waals surface area contributed by atoms with E-state index in [1.807, 2.05) is 30.3 Å². The predicted molar refractivity (Wildman–Crippen MR) is 110 cm³/mol. The van der Waals surface area contributed by atoms with Crippen molar-refractivity contribution in [2.45, 2.75) is 78.7 Å². The highest BCUT2D eigenvalue weighted by atomic mass is 31.2. The zero-order chi connectivity index (χ0) is 18.5. The molecule has 0 fully saturated rings. The molecule has 0 spiro atoms. The Balaban J connectivity index is 2.57. The van der Waals surface area contributed by atoms with Crippen LogP contribution in [0.1, 0.15) is 73.1 Å². The van der Waals surface area contributed by atoms with E-state index in [9.17, 15) is 4.57 Å². The number of rotatable bonds is 7. The number of allylic oxidation sites excluding steroid dienone is 3. The summed E-state index contributed by atoms with van der Waals surface area (Å²) in [7, 11) is -2.79. The van der Waals surface area contributed by atoms with Crippen LogP contribution in [-0.4, -0.2) is 10.2 Å². The predicted octanol–water partition coefficient (Wildman–Crippen LogP) is 6.85. The number of hydrogen-bond acceptors (Lipinski definition) is 1. The van der Waals surface area contributed by atoms with Crippen LogP contribution in [0.25, 0.3) is 0 Å². The van der Waals surface area contributed by atoms with Crippen molar-refractivity contribution in [3.05, 3.63) is 53.5 Å². The van der Waals surface area contributed by atoms with Crippen molar-refractivity contribution in [2.24, 2.45) is 0 Å². The number of hydrogen-bond donors (Lipinski definition) is 0. The molecule has 3 heteroatoms. The SMILES string of the molecule is CCCCC1=CN(C(C)(C)C)P(=O)(c2ccccc2)C(CCCC)=C1. The van der Waals surface area contributed by atoms with E-state index in [4.69, 9.17) is 0 Å². The van der Waals surface area contributed by atoms with Crippen LogP contribution in [0.5, 0.6) is 0 Å². The molecule has 25 heavy (non-hydrogen) atoms. The summed E-state index contributed by atoms with van der Waals surface area (Å²) in [5, 5.41) is 2.09. The van der Waals surface area contributed by atoms with Gasteiger partial charge in [-0.05, 0) is 70.2 Å². The second-order valence-corrected chi connectivity index (χ2v) is 10.6. The second kappa shape index (κ2) is 8.41. The van der Waals surface area contributed by atoms with Crippen molar-refractivity contribution in [1.29, 1.82) is 0 Å².